The molecule has 0 unspecified atom stereocenters. The van der Waals surface area contributed by atoms with Crippen molar-refractivity contribution < 1.29 is 9.53 Å². The zero-order valence-electron chi connectivity index (χ0n) is 13.1. The van der Waals surface area contributed by atoms with Crippen molar-refractivity contribution in [2.45, 2.75) is 0 Å². The fraction of sp³-hybridized carbons (Fsp3) is 0.0588. The van der Waals surface area contributed by atoms with Crippen LogP contribution in [0.25, 0.3) is 0 Å². The second-order valence-corrected chi connectivity index (χ2v) is 5.70. The van der Waals surface area contributed by atoms with E-state index < -0.39 is 5.91 Å². The molecule has 0 bridgehead atoms. The predicted octanol–water partition coefficient (Wildman–Crippen LogP) is 4.04. The highest BCUT2D eigenvalue weighted by Gasteiger charge is 2.13. The number of benzene rings is 2. The molecular weight excluding hydrogens is 363 g/mol. The standard InChI is InChI=1S/C17H14Cl2N4O2/c1-25-16-5-2-11(18)6-15(16)23-17(24)10(8-20)9-22-14-4-3-12(21)7-13(14)19/h2-7,9,22H,21H2,1H3,(H,23,24)/b10-9-. The Kier molecular flexibility index (Phi) is 6.12. The molecule has 25 heavy (non-hydrogen) atoms. The van der Waals surface area contributed by atoms with Gasteiger partial charge in [0.15, 0.2) is 0 Å². The number of nitrogen functional groups attached to an aromatic ring is 1. The third-order valence-corrected chi connectivity index (χ3v) is 3.69. The Bertz CT molecular complexity index is 875. The van der Waals surface area contributed by atoms with Gasteiger partial charge in [0.25, 0.3) is 5.91 Å². The fourth-order valence-electron chi connectivity index (χ4n) is 1.91. The maximum Gasteiger partial charge on any atom is 0.267 e. The van der Waals surface area contributed by atoms with E-state index in [0.29, 0.717) is 32.9 Å². The van der Waals surface area contributed by atoms with Crippen LogP contribution in [0.1, 0.15) is 0 Å². The number of nitrogens with zero attached hydrogens (tertiary/aromatic N) is 1. The number of carbonyl (C=O) groups excluding carboxylic acids is 1. The summed E-state index contributed by atoms with van der Waals surface area (Å²) in [6.45, 7) is 0. The Morgan fingerprint density at radius 2 is 2.00 bits per heavy atom. The van der Waals surface area contributed by atoms with Crippen molar-refractivity contribution in [1.29, 1.82) is 5.26 Å². The molecule has 4 N–H and O–H groups in total. The van der Waals surface area contributed by atoms with Gasteiger partial charge in [-0.3, -0.25) is 4.79 Å². The molecule has 0 atom stereocenters. The van der Waals surface area contributed by atoms with E-state index in [-0.39, 0.29) is 5.57 Å². The number of nitriles is 1. The molecule has 1 amide bonds. The minimum atomic E-state index is -0.623. The smallest absolute Gasteiger partial charge is 0.267 e. The topological polar surface area (TPSA) is 100 Å². The molecule has 0 aliphatic rings. The van der Waals surface area contributed by atoms with Crippen LogP contribution in [0.5, 0.6) is 5.75 Å². The third kappa shape index (κ3) is 4.80. The van der Waals surface area contributed by atoms with Crippen molar-refractivity contribution >= 4 is 46.2 Å². The molecule has 0 saturated carbocycles. The van der Waals surface area contributed by atoms with Crippen molar-refractivity contribution in [3.8, 4) is 11.8 Å². The highest BCUT2D eigenvalue weighted by atomic mass is 35.5. The van der Waals surface area contributed by atoms with Crippen LogP contribution in [0, 0.1) is 11.3 Å². The van der Waals surface area contributed by atoms with Crippen LogP contribution >= 0.6 is 23.2 Å². The van der Waals surface area contributed by atoms with E-state index in [1.165, 1.54) is 19.4 Å². The summed E-state index contributed by atoms with van der Waals surface area (Å²) < 4.78 is 5.15. The second-order valence-electron chi connectivity index (χ2n) is 4.85. The zero-order chi connectivity index (χ0) is 18.4. The van der Waals surface area contributed by atoms with Crippen LogP contribution in [-0.4, -0.2) is 13.0 Å². The van der Waals surface area contributed by atoms with Crippen LogP contribution in [0.4, 0.5) is 17.1 Å². The maximum absolute atomic E-state index is 12.3. The van der Waals surface area contributed by atoms with Crippen LogP contribution in [0.2, 0.25) is 10.0 Å². The number of anilines is 3. The van der Waals surface area contributed by atoms with Gasteiger partial charge in [-0.25, -0.2) is 0 Å². The summed E-state index contributed by atoms with van der Waals surface area (Å²) in [6, 6.07) is 11.4. The lowest BCUT2D eigenvalue weighted by Gasteiger charge is -2.10. The van der Waals surface area contributed by atoms with E-state index in [1.54, 1.807) is 30.3 Å². The van der Waals surface area contributed by atoms with Crippen molar-refractivity contribution in [1.82, 2.24) is 0 Å². The molecule has 6 nitrogen and oxygen atoms in total. The SMILES string of the molecule is COc1ccc(Cl)cc1NC(=O)/C(C#N)=C\Nc1ccc(N)cc1Cl. The van der Waals surface area contributed by atoms with Crippen LogP contribution in [0.3, 0.4) is 0 Å². The van der Waals surface area contributed by atoms with E-state index in [0.717, 1.165) is 0 Å². The average Bonchev–Trinajstić information content (AvgIpc) is 2.57. The molecule has 8 heteroatoms. The third-order valence-electron chi connectivity index (χ3n) is 3.14. The summed E-state index contributed by atoms with van der Waals surface area (Å²) in [7, 11) is 1.46. The Hall–Kier alpha value is -2.88. The fourth-order valence-corrected chi connectivity index (χ4v) is 2.33. The van der Waals surface area contributed by atoms with E-state index >= 15 is 0 Å². The molecule has 0 aliphatic carbocycles. The van der Waals surface area contributed by atoms with E-state index in [4.69, 9.17) is 33.7 Å². The minimum Gasteiger partial charge on any atom is -0.495 e. The van der Waals surface area contributed by atoms with Gasteiger partial charge in [0.05, 0.1) is 23.5 Å². The maximum atomic E-state index is 12.3. The monoisotopic (exact) mass is 376 g/mol. The average molecular weight is 377 g/mol. The summed E-state index contributed by atoms with van der Waals surface area (Å²) >= 11 is 12.0. The molecule has 0 spiro atoms. The Morgan fingerprint density at radius 3 is 2.64 bits per heavy atom. The van der Waals surface area contributed by atoms with Crippen LogP contribution in [-0.2, 0) is 4.79 Å². The first-order valence-corrected chi connectivity index (χ1v) is 7.77. The zero-order valence-corrected chi connectivity index (χ0v) is 14.7. The first kappa shape index (κ1) is 18.5. The number of methoxy groups -OCH3 is 1. The van der Waals surface area contributed by atoms with E-state index in [2.05, 4.69) is 10.6 Å². The number of hydrogen-bond acceptors (Lipinski definition) is 5. The van der Waals surface area contributed by atoms with Crippen molar-refractivity contribution in [3.63, 3.8) is 0 Å². The van der Waals surface area contributed by atoms with Crippen molar-refractivity contribution in [3.05, 3.63) is 58.2 Å². The molecule has 0 aromatic heterocycles. The van der Waals surface area contributed by atoms with Gasteiger partial charge in [0.2, 0.25) is 0 Å². The number of rotatable bonds is 5. The van der Waals surface area contributed by atoms with Gasteiger partial charge in [-0.05, 0) is 36.4 Å². The first-order valence-electron chi connectivity index (χ1n) is 7.01. The lowest BCUT2D eigenvalue weighted by molar-refractivity contribution is -0.112. The quantitative estimate of drug-likeness (QED) is 0.415. The molecule has 2 rings (SSSR count). The van der Waals surface area contributed by atoms with E-state index in [9.17, 15) is 10.1 Å². The van der Waals surface area contributed by atoms with Gasteiger partial charge < -0.3 is 21.1 Å². The summed E-state index contributed by atoms with van der Waals surface area (Å²) in [5, 5.41) is 15.4. The highest BCUT2D eigenvalue weighted by Crippen LogP contribution is 2.28. The molecule has 0 fully saturated rings. The van der Waals surface area contributed by atoms with Crippen molar-refractivity contribution in [2.75, 3.05) is 23.5 Å². The Balaban J connectivity index is 2.18. The number of ether oxygens (including phenoxy) is 1. The summed E-state index contributed by atoms with van der Waals surface area (Å²) in [5.41, 5.74) is 6.83. The molecule has 128 valence electrons. The number of amides is 1. The number of halogens is 2. The van der Waals surface area contributed by atoms with Gasteiger partial charge in [0, 0.05) is 16.9 Å². The number of nitrogens with one attached hydrogen (secondary N) is 2. The normalized spacial score (nSPS) is 10.7. The Morgan fingerprint density at radius 1 is 1.24 bits per heavy atom. The van der Waals surface area contributed by atoms with Gasteiger partial charge in [-0.1, -0.05) is 23.2 Å². The van der Waals surface area contributed by atoms with E-state index in [1.807, 2.05) is 6.07 Å². The molecule has 2 aromatic carbocycles. The Labute approximate surface area is 154 Å². The molecule has 0 saturated heterocycles. The second kappa shape index (κ2) is 8.29. The minimum absolute atomic E-state index is 0.157. The number of carbonyl (C=O) groups is 1. The lowest BCUT2D eigenvalue weighted by atomic mass is 10.2. The van der Waals surface area contributed by atoms with Gasteiger partial charge >= 0.3 is 0 Å². The number of hydrogen-bond donors (Lipinski definition) is 3. The van der Waals surface area contributed by atoms with Gasteiger partial charge in [-0.2, -0.15) is 5.26 Å². The highest BCUT2D eigenvalue weighted by molar-refractivity contribution is 6.33. The molecule has 0 radical (unpaired) electrons. The summed E-state index contributed by atoms with van der Waals surface area (Å²) in [5.74, 6) is -0.202. The largest absolute Gasteiger partial charge is 0.495 e. The van der Waals surface area contributed by atoms with Gasteiger partial charge in [0.1, 0.15) is 17.4 Å². The number of nitrogens with two attached hydrogens (primary N) is 1. The molecular formula is C17H14Cl2N4O2. The van der Waals surface area contributed by atoms with Crippen molar-refractivity contribution in [2.24, 2.45) is 0 Å². The van der Waals surface area contributed by atoms with Crippen LogP contribution in [0.15, 0.2) is 48.2 Å². The van der Waals surface area contributed by atoms with Crippen LogP contribution < -0.4 is 21.1 Å². The molecule has 2 aromatic rings. The summed E-state index contributed by atoms with van der Waals surface area (Å²) in [4.78, 5) is 12.3. The first-order chi connectivity index (χ1) is 11.9. The summed E-state index contributed by atoms with van der Waals surface area (Å²) in [6.07, 6.45) is 1.25. The molecule has 0 aliphatic heterocycles. The predicted molar refractivity (Wildman–Crippen MR) is 99.8 cm³/mol. The lowest BCUT2D eigenvalue weighted by Crippen LogP contribution is -2.15. The molecule has 0 heterocycles. The van der Waals surface area contributed by atoms with Gasteiger partial charge in [-0.15, -0.1) is 0 Å².